The van der Waals surface area contributed by atoms with Crippen LogP contribution in [0.1, 0.15) is 25.6 Å². The predicted octanol–water partition coefficient (Wildman–Crippen LogP) is 2.77. The minimum atomic E-state index is -3.49. The molecule has 0 unspecified atom stereocenters. The maximum absolute atomic E-state index is 12.2. The highest BCUT2D eigenvalue weighted by Gasteiger charge is 2.21. The van der Waals surface area contributed by atoms with Gasteiger partial charge in [0.15, 0.2) is 0 Å². The van der Waals surface area contributed by atoms with Crippen LogP contribution in [0.5, 0.6) is 0 Å². The summed E-state index contributed by atoms with van der Waals surface area (Å²) in [5.41, 5.74) is 0.849. The molecule has 0 fully saturated rings. The molecule has 0 spiro atoms. The van der Waals surface area contributed by atoms with Crippen LogP contribution in [-0.2, 0) is 16.6 Å². The lowest BCUT2D eigenvalue weighted by Gasteiger charge is -2.14. The summed E-state index contributed by atoms with van der Waals surface area (Å²) >= 11 is 4.45. The van der Waals surface area contributed by atoms with Crippen LogP contribution in [0.15, 0.2) is 32.4 Å². The Balaban J connectivity index is 2.21. The number of thiophene rings is 1. The largest absolute Gasteiger partial charge is 0.268 e. The van der Waals surface area contributed by atoms with Gasteiger partial charge in [-0.15, -0.1) is 11.3 Å². The second kappa shape index (κ2) is 5.74. The van der Waals surface area contributed by atoms with E-state index < -0.39 is 10.0 Å². The monoisotopic (exact) mass is 363 g/mol. The molecule has 104 valence electrons. The van der Waals surface area contributed by atoms with Crippen LogP contribution in [0.3, 0.4) is 0 Å². The van der Waals surface area contributed by atoms with Gasteiger partial charge in [0, 0.05) is 12.7 Å². The Hall–Kier alpha value is -0.700. The van der Waals surface area contributed by atoms with Gasteiger partial charge in [-0.1, -0.05) is 0 Å². The zero-order valence-corrected chi connectivity index (χ0v) is 13.7. The van der Waals surface area contributed by atoms with Gasteiger partial charge in [-0.05, 0) is 48.0 Å². The summed E-state index contributed by atoms with van der Waals surface area (Å²) in [5.74, 6) is 0. The summed E-state index contributed by atoms with van der Waals surface area (Å²) in [6.45, 7) is 4.48. The summed E-state index contributed by atoms with van der Waals surface area (Å²) in [7, 11) is -3.49. The van der Waals surface area contributed by atoms with Crippen LogP contribution >= 0.6 is 27.3 Å². The molecular weight excluding hydrogens is 350 g/mol. The molecule has 2 aromatic heterocycles. The number of sulfonamides is 1. The molecule has 0 aliphatic carbocycles. The van der Waals surface area contributed by atoms with E-state index in [-0.39, 0.29) is 6.04 Å². The smallest absolute Gasteiger partial charge is 0.250 e. The van der Waals surface area contributed by atoms with Gasteiger partial charge in [0.1, 0.15) is 4.21 Å². The van der Waals surface area contributed by atoms with Gasteiger partial charge in [0.2, 0.25) is 0 Å². The van der Waals surface area contributed by atoms with E-state index in [4.69, 9.17) is 0 Å². The van der Waals surface area contributed by atoms with E-state index in [1.165, 1.54) is 11.3 Å². The second-order valence-electron chi connectivity index (χ2n) is 3.97. The third kappa shape index (κ3) is 3.25. The summed E-state index contributed by atoms with van der Waals surface area (Å²) in [6, 6.07) is 4.80. The number of hydrogen-bond acceptors (Lipinski definition) is 4. The predicted molar refractivity (Wildman–Crippen MR) is 78.7 cm³/mol. The molecule has 0 radical (unpaired) electrons. The number of nitrogens with zero attached hydrogens (tertiary/aromatic N) is 2. The summed E-state index contributed by atoms with van der Waals surface area (Å²) in [4.78, 5) is 0. The van der Waals surface area contributed by atoms with Crippen molar-refractivity contribution in [3.8, 4) is 0 Å². The standard InChI is InChI=1S/C11H14BrN3O2S2/c1-3-15-9(6-7-13-15)8(2)14-19(16,17)11-5-4-10(12)18-11/h4-8,14H,3H2,1-2H3/t8-/m0/s1. The van der Waals surface area contributed by atoms with Gasteiger partial charge in [0.05, 0.1) is 15.5 Å². The fourth-order valence-electron chi connectivity index (χ4n) is 1.77. The van der Waals surface area contributed by atoms with E-state index in [0.29, 0.717) is 10.8 Å². The highest BCUT2D eigenvalue weighted by molar-refractivity contribution is 9.11. The first kappa shape index (κ1) is 14.7. The number of aromatic nitrogens is 2. The van der Waals surface area contributed by atoms with Crippen LogP contribution in [0.25, 0.3) is 0 Å². The third-order valence-electron chi connectivity index (χ3n) is 2.64. The first-order valence-electron chi connectivity index (χ1n) is 5.73. The molecule has 5 nitrogen and oxygen atoms in total. The molecule has 2 aromatic rings. The summed E-state index contributed by atoms with van der Waals surface area (Å²) in [6.07, 6.45) is 1.67. The molecule has 0 amide bonds. The average molecular weight is 364 g/mol. The topological polar surface area (TPSA) is 64.0 Å². The second-order valence-corrected chi connectivity index (χ2v) is 8.38. The lowest BCUT2D eigenvalue weighted by molar-refractivity contribution is 0.540. The van der Waals surface area contributed by atoms with E-state index in [9.17, 15) is 8.42 Å². The van der Waals surface area contributed by atoms with E-state index in [0.717, 1.165) is 9.48 Å². The Morgan fingerprint density at radius 2 is 2.21 bits per heavy atom. The number of halogens is 1. The molecule has 19 heavy (non-hydrogen) atoms. The first-order valence-corrected chi connectivity index (χ1v) is 8.82. The molecular formula is C11H14BrN3O2S2. The minimum Gasteiger partial charge on any atom is -0.268 e. The van der Waals surface area contributed by atoms with E-state index in [1.54, 1.807) is 23.0 Å². The maximum Gasteiger partial charge on any atom is 0.250 e. The highest BCUT2D eigenvalue weighted by Crippen LogP contribution is 2.27. The van der Waals surface area contributed by atoms with Gasteiger partial charge in [-0.25, -0.2) is 13.1 Å². The summed E-state index contributed by atoms with van der Waals surface area (Å²) < 4.78 is 29.9. The van der Waals surface area contributed by atoms with Crippen molar-refractivity contribution in [2.45, 2.75) is 30.6 Å². The fraction of sp³-hybridized carbons (Fsp3) is 0.364. The van der Waals surface area contributed by atoms with Gasteiger partial charge >= 0.3 is 0 Å². The molecule has 2 rings (SSSR count). The lowest BCUT2D eigenvalue weighted by Crippen LogP contribution is -2.27. The van der Waals surface area contributed by atoms with Gasteiger partial charge in [0.25, 0.3) is 10.0 Å². The maximum atomic E-state index is 12.2. The van der Waals surface area contributed by atoms with Crippen molar-refractivity contribution < 1.29 is 8.42 Å². The molecule has 8 heteroatoms. The Labute approximate surface area is 124 Å². The number of aryl methyl sites for hydroxylation is 1. The van der Waals surface area contributed by atoms with Crippen LogP contribution in [0.2, 0.25) is 0 Å². The van der Waals surface area contributed by atoms with E-state index >= 15 is 0 Å². The zero-order valence-electron chi connectivity index (χ0n) is 10.5. The normalized spacial score (nSPS) is 13.6. The zero-order chi connectivity index (χ0) is 14.0. The molecule has 0 aliphatic rings. The van der Waals surface area contributed by atoms with Crippen molar-refractivity contribution in [2.75, 3.05) is 0 Å². The molecule has 0 saturated heterocycles. The molecule has 1 N–H and O–H groups in total. The Bertz CT molecular complexity index is 663. The van der Waals surface area contributed by atoms with E-state index in [1.807, 2.05) is 19.9 Å². The van der Waals surface area contributed by atoms with Crippen molar-refractivity contribution >= 4 is 37.3 Å². The van der Waals surface area contributed by atoms with Gasteiger partial charge < -0.3 is 0 Å². The van der Waals surface area contributed by atoms with Crippen molar-refractivity contribution in [3.05, 3.63) is 33.9 Å². The summed E-state index contributed by atoms with van der Waals surface area (Å²) in [5, 5.41) is 4.14. The van der Waals surface area contributed by atoms with Crippen LogP contribution in [-0.4, -0.2) is 18.2 Å². The first-order chi connectivity index (χ1) is 8.94. The number of nitrogens with one attached hydrogen (secondary N) is 1. The third-order valence-corrected chi connectivity index (χ3v) is 6.29. The van der Waals surface area contributed by atoms with Crippen molar-refractivity contribution in [1.82, 2.24) is 14.5 Å². The molecule has 1 atom stereocenters. The van der Waals surface area contributed by atoms with Crippen LogP contribution in [0.4, 0.5) is 0 Å². The Morgan fingerprint density at radius 3 is 2.79 bits per heavy atom. The SMILES string of the molecule is CCn1nccc1[C@H](C)NS(=O)(=O)c1ccc(Br)s1. The quantitative estimate of drug-likeness (QED) is 0.887. The van der Waals surface area contributed by atoms with E-state index in [2.05, 4.69) is 25.8 Å². The molecule has 0 saturated carbocycles. The number of rotatable bonds is 5. The van der Waals surface area contributed by atoms with Crippen LogP contribution < -0.4 is 4.72 Å². The van der Waals surface area contributed by atoms with Crippen molar-refractivity contribution in [3.63, 3.8) is 0 Å². The average Bonchev–Trinajstić information content (AvgIpc) is 2.96. The van der Waals surface area contributed by atoms with Gasteiger partial charge in [-0.2, -0.15) is 5.10 Å². The molecule has 0 bridgehead atoms. The molecule has 0 aliphatic heterocycles. The highest BCUT2D eigenvalue weighted by atomic mass is 79.9. The van der Waals surface area contributed by atoms with Crippen LogP contribution in [0, 0.1) is 0 Å². The Kier molecular flexibility index (Phi) is 4.44. The molecule has 2 heterocycles. The molecule has 0 aromatic carbocycles. The Morgan fingerprint density at radius 1 is 1.47 bits per heavy atom. The fourth-order valence-corrected chi connectivity index (χ4v) is 5.01. The minimum absolute atomic E-state index is 0.300. The number of hydrogen-bond donors (Lipinski definition) is 1. The lowest BCUT2D eigenvalue weighted by atomic mass is 10.2. The van der Waals surface area contributed by atoms with Crippen molar-refractivity contribution in [2.24, 2.45) is 0 Å². The van der Waals surface area contributed by atoms with Gasteiger partial charge in [-0.3, -0.25) is 4.68 Å². The van der Waals surface area contributed by atoms with Crippen molar-refractivity contribution in [1.29, 1.82) is 0 Å².